The minimum atomic E-state index is 0.435. The number of rotatable bonds is 3. The van der Waals surface area contributed by atoms with Gasteiger partial charge in [-0.3, -0.25) is 0 Å². The Balaban J connectivity index is 2.97. The standard InChI is InChI=1S/C16H22N2O/c1-9(2)13-11(4)18-15-12(19-6)8-7-10(3)14(15)16(13)17-5/h7-9H,1-6H3,(H,17,18). The second kappa shape index (κ2) is 5.08. The lowest BCUT2D eigenvalue weighted by Crippen LogP contribution is -2.05. The third-order valence-electron chi connectivity index (χ3n) is 3.59. The molecule has 2 aromatic rings. The second-order valence-electron chi connectivity index (χ2n) is 5.20. The SMILES string of the molecule is CNc1c(C(C)C)c(C)nc2c(OC)ccc(C)c12. The molecule has 0 aliphatic rings. The fourth-order valence-corrected chi connectivity index (χ4v) is 2.77. The Labute approximate surface area is 115 Å². The summed E-state index contributed by atoms with van der Waals surface area (Å²) in [4.78, 5) is 4.77. The van der Waals surface area contributed by atoms with Gasteiger partial charge >= 0.3 is 0 Å². The van der Waals surface area contributed by atoms with E-state index in [1.165, 1.54) is 16.8 Å². The Morgan fingerprint density at radius 3 is 2.42 bits per heavy atom. The van der Waals surface area contributed by atoms with Gasteiger partial charge in [0.25, 0.3) is 0 Å². The normalized spacial score (nSPS) is 11.1. The van der Waals surface area contributed by atoms with Crippen LogP contribution in [0.3, 0.4) is 0 Å². The van der Waals surface area contributed by atoms with E-state index in [1.54, 1.807) is 7.11 Å². The van der Waals surface area contributed by atoms with Crippen molar-refractivity contribution in [3.05, 3.63) is 29.0 Å². The van der Waals surface area contributed by atoms with E-state index < -0.39 is 0 Å². The molecule has 0 radical (unpaired) electrons. The number of hydrogen-bond acceptors (Lipinski definition) is 3. The van der Waals surface area contributed by atoms with E-state index in [0.29, 0.717) is 5.92 Å². The van der Waals surface area contributed by atoms with Crippen LogP contribution in [0.15, 0.2) is 12.1 Å². The maximum Gasteiger partial charge on any atom is 0.145 e. The van der Waals surface area contributed by atoms with Gasteiger partial charge in [0.2, 0.25) is 0 Å². The van der Waals surface area contributed by atoms with Crippen molar-refractivity contribution in [1.82, 2.24) is 4.98 Å². The Kier molecular flexibility index (Phi) is 3.65. The first-order valence-electron chi connectivity index (χ1n) is 6.66. The smallest absolute Gasteiger partial charge is 0.145 e. The predicted molar refractivity (Wildman–Crippen MR) is 81.4 cm³/mol. The van der Waals surface area contributed by atoms with Crippen molar-refractivity contribution in [2.24, 2.45) is 0 Å². The monoisotopic (exact) mass is 258 g/mol. The van der Waals surface area contributed by atoms with Crippen molar-refractivity contribution in [3.63, 3.8) is 0 Å². The molecule has 0 spiro atoms. The highest BCUT2D eigenvalue weighted by molar-refractivity contribution is 5.99. The molecule has 0 aliphatic heterocycles. The van der Waals surface area contributed by atoms with Crippen LogP contribution in [0.5, 0.6) is 5.75 Å². The first-order valence-corrected chi connectivity index (χ1v) is 6.66. The van der Waals surface area contributed by atoms with Crippen LogP contribution in [-0.4, -0.2) is 19.1 Å². The molecule has 0 amide bonds. The topological polar surface area (TPSA) is 34.2 Å². The van der Waals surface area contributed by atoms with Crippen LogP contribution in [0, 0.1) is 13.8 Å². The molecule has 1 aromatic carbocycles. The fraction of sp³-hybridized carbons (Fsp3) is 0.438. The average molecular weight is 258 g/mol. The molecular formula is C16H22N2O. The summed E-state index contributed by atoms with van der Waals surface area (Å²) in [5.41, 5.74) is 5.68. The van der Waals surface area contributed by atoms with E-state index in [-0.39, 0.29) is 0 Å². The highest BCUT2D eigenvalue weighted by atomic mass is 16.5. The van der Waals surface area contributed by atoms with Crippen LogP contribution in [-0.2, 0) is 0 Å². The van der Waals surface area contributed by atoms with E-state index in [2.05, 4.69) is 39.1 Å². The van der Waals surface area contributed by atoms with Crippen LogP contribution in [0.1, 0.15) is 36.6 Å². The van der Waals surface area contributed by atoms with E-state index in [1.807, 2.05) is 13.1 Å². The summed E-state index contributed by atoms with van der Waals surface area (Å²) in [6, 6.07) is 4.07. The van der Waals surface area contributed by atoms with E-state index in [4.69, 9.17) is 9.72 Å². The number of aryl methyl sites for hydroxylation is 2. The molecule has 3 nitrogen and oxygen atoms in total. The number of methoxy groups -OCH3 is 1. The van der Waals surface area contributed by atoms with Crippen LogP contribution >= 0.6 is 0 Å². The number of fused-ring (bicyclic) bond motifs is 1. The Hall–Kier alpha value is -1.77. The van der Waals surface area contributed by atoms with Crippen molar-refractivity contribution < 1.29 is 4.74 Å². The maximum atomic E-state index is 5.45. The van der Waals surface area contributed by atoms with E-state index in [9.17, 15) is 0 Å². The molecule has 0 atom stereocenters. The van der Waals surface area contributed by atoms with Gasteiger partial charge in [-0.25, -0.2) is 4.98 Å². The van der Waals surface area contributed by atoms with E-state index >= 15 is 0 Å². The largest absolute Gasteiger partial charge is 0.494 e. The van der Waals surface area contributed by atoms with Gasteiger partial charge in [0.05, 0.1) is 7.11 Å². The zero-order chi connectivity index (χ0) is 14.2. The molecule has 0 unspecified atom stereocenters. The number of anilines is 1. The first kappa shape index (κ1) is 13.7. The molecule has 0 bridgehead atoms. The van der Waals surface area contributed by atoms with Crippen molar-refractivity contribution in [2.75, 3.05) is 19.5 Å². The highest BCUT2D eigenvalue weighted by Crippen LogP contribution is 2.38. The summed E-state index contributed by atoms with van der Waals surface area (Å²) < 4.78 is 5.45. The molecule has 0 saturated heterocycles. The molecule has 1 aromatic heterocycles. The lowest BCUT2D eigenvalue weighted by molar-refractivity contribution is 0.418. The predicted octanol–water partition coefficient (Wildman–Crippen LogP) is 4.03. The van der Waals surface area contributed by atoms with E-state index in [0.717, 1.165) is 22.3 Å². The molecule has 0 saturated carbocycles. The van der Waals surface area contributed by atoms with Gasteiger partial charge in [-0.15, -0.1) is 0 Å². The molecule has 19 heavy (non-hydrogen) atoms. The Bertz CT molecular complexity index is 618. The van der Waals surface area contributed by atoms with Gasteiger partial charge in [0, 0.05) is 23.8 Å². The molecule has 1 N–H and O–H groups in total. The quantitative estimate of drug-likeness (QED) is 0.902. The molecule has 3 heteroatoms. The summed E-state index contributed by atoms with van der Waals surface area (Å²) in [6.45, 7) is 8.58. The minimum absolute atomic E-state index is 0.435. The number of aromatic nitrogens is 1. The zero-order valence-corrected chi connectivity index (χ0v) is 12.6. The number of nitrogens with zero attached hydrogens (tertiary/aromatic N) is 1. The number of pyridine rings is 1. The van der Waals surface area contributed by atoms with Crippen molar-refractivity contribution in [3.8, 4) is 5.75 Å². The van der Waals surface area contributed by atoms with Crippen LogP contribution in [0.2, 0.25) is 0 Å². The molecule has 102 valence electrons. The zero-order valence-electron chi connectivity index (χ0n) is 12.6. The Morgan fingerprint density at radius 1 is 1.21 bits per heavy atom. The summed E-state index contributed by atoms with van der Waals surface area (Å²) in [5.74, 6) is 1.26. The lowest BCUT2D eigenvalue weighted by atomic mass is 9.95. The fourth-order valence-electron chi connectivity index (χ4n) is 2.77. The number of hydrogen-bond donors (Lipinski definition) is 1. The average Bonchev–Trinajstić information content (AvgIpc) is 2.37. The second-order valence-corrected chi connectivity index (χ2v) is 5.20. The van der Waals surface area contributed by atoms with Crippen molar-refractivity contribution in [2.45, 2.75) is 33.6 Å². The van der Waals surface area contributed by atoms with Gasteiger partial charge in [-0.05, 0) is 37.0 Å². The first-order chi connectivity index (χ1) is 9.01. The summed E-state index contributed by atoms with van der Waals surface area (Å²) >= 11 is 0. The van der Waals surface area contributed by atoms with Gasteiger partial charge in [-0.1, -0.05) is 19.9 Å². The van der Waals surface area contributed by atoms with Gasteiger partial charge < -0.3 is 10.1 Å². The van der Waals surface area contributed by atoms with Crippen LogP contribution in [0.4, 0.5) is 5.69 Å². The molecule has 1 heterocycles. The summed E-state index contributed by atoms with van der Waals surface area (Å²) in [5, 5.41) is 4.52. The lowest BCUT2D eigenvalue weighted by Gasteiger charge is -2.20. The molecule has 0 aliphatic carbocycles. The molecular weight excluding hydrogens is 236 g/mol. The Morgan fingerprint density at radius 2 is 1.89 bits per heavy atom. The van der Waals surface area contributed by atoms with Crippen LogP contribution in [0.25, 0.3) is 10.9 Å². The molecule has 0 fully saturated rings. The highest BCUT2D eigenvalue weighted by Gasteiger charge is 2.18. The van der Waals surface area contributed by atoms with Crippen LogP contribution < -0.4 is 10.1 Å². The van der Waals surface area contributed by atoms with Gasteiger partial charge in [-0.2, -0.15) is 0 Å². The summed E-state index contributed by atoms with van der Waals surface area (Å²) in [6.07, 6.45) is 0. The number of nitrogens with one attached hydrogen (secondary N) is 1. The number of ether oxygens (including phenoxy) is 1. The van der Waals surface area contributed by atoms with Crippen molar-refractivity contribution in [1.29, 1.82) is 0 Å². The summed E-state index contributed by atoms with van der Waals surface area (Å²) in [7, 11) is 3.66. The van der Waals surface area contributed by atoms with Gasteiger partial charge in [0.15, 0.2) is 0 Å². The number of benzene rings is 1. The molecule has 2 rings (SSSR count). The minimum Gasteiger partial charge on any atom is -0.494 e. The maximum absolute atomic E-state index is 5.45. The van der Waals surface area contributed by atoms with Gasteiger partial charge in [0.1, 0.15) is 11.3 Å². The third-order valence-corrected chi connectivity index (χ3v) is 3.59. The van der Waals surface area contributed by atoms with Crippen molar-refractivity contribution >= 4 is 16.6 Å². The third kappa shape index (κ3) is 2.14.